The molecule has 0 aliphatic heterocycles. The largest absolute Gasteiger partial charge is 0.308 e. The van der Waals surface area contributed by atoms with E-state index in [1.165, 1.54) is 77.9 Å². The average Bonchev–Trinajstić information content (AvgIpc) is 3.47. The van der Waals surface area contributed by atoms with Crippen LogP contribution in [0.5, 0.6) is 0 Å². The van der Waals surface area contributed by atoms with Crippen LogP contribution in [0.15, 0.2) is 97.1 Å². The number of rotatable bonds is 5. The van der Waals surface area contributed by atoms with Gasteiger partial charge in [-0.3, -0.25) is 0 Å². The summed E-state index contributed by atoms with van der Waals surface area (Å²) in [6.45, 7) is 12.3. The zero-order valence-corrected chi connectivity index (χ0v) is 32.4. The van der Waals surface area contributed by atoms with Gasteiger partial charge in [0.25, 0.3) is 0 Å². The van der Waals surface area contributed by atoms with Crippen LogP contribution in [0, 0.1) is 35.5 Å². The van der Waals surface area contributed by atoms with E-state index in [2.05, 4.69) is 136 Å². The normalized spacial score (nSPS) is 29.2. The van der Waals surface area contributed by atoms with Crippen LogP contribution in [0.4, 0.5) is 0 Å². The Balaban J connectivity index is 1.32. The van der Waals surface area contributed by atoms with Crippen molar-refractivity contribution in [2.75, 3.05) is 0 Å². The lowest BCUT2D eigenvalue weighted by Crippen LogP contribution is -2.44. The molecule has 3 saturated carbocycles. The van der Waals surface area contributed by atoms with Crippen LogP contribution >= 0.6 is 0 Å². The van der Waals surface area contributed by atoms with Crippen molar-refractivity contribution in [3.63, 3.8) is 0 Å². The van der Waals surface area contributed by atoms with Gasteiger partial charge in [0.05, 0.1) is 16.7 Å². The van der Waals surface area contributed by atoms with Gasteiger partial charge in [0.1, 0.15) is 11.6 Å². The van der Waals surface area contributed by atoms with Crippen molar-refractivity contribution >= 4 is 21.8 Å². The van der Waals surface area contributed by atoms with Crippen molar-refractivity contribution in [2.24, 2.45) is 35.5 Å². The molecule has 2 bridgehead atoms. The number of benzene rings is 4. The molecule has 3 aliphatic rings. The van der Waals surface area contributed by atoms with E-state index >= 15 is 0 Å². The van der Waals surface area contributed by atoms with Crippen LogP contribution in [-0.4, -0.2) is 19.5 Å². The molecule has 0 spiro atoms. The van der Waals surface area contributed by atoms with Gasteiger partial charge in [-0.05, 0) is 117 Å². The first kappa shape index (κ1) is 34.5. The molecule has 53 heavy (non-hydrogen) atoms. The number of para-hydroxylation sites is 3. The zero-order valence-electron chi connectivity index (χ0n) is 32.4. The van der Waals surface area contributed by atoms with Gasteiger partial charge >= 0.3 is 0 Å². The smallest absolute Gasteiger partial charge is 0.165 e. The maximum atomic E-state index is 5.72. The van der Waals surface area contributed by atoms with E-state index in [1.807, 2.05) is 0 Å². The highest BCUT2D eigenvalue weighted by atomic mass is 15.1. The third kappa shape index (κ3) is 6.40. The van der Waals surface area contributed by atoms with E-state index in [-0.39, 0.29) is 5.41 Å². The molecular formula is C49H56N4. The van der Waals surface area contributed by atoms with E-state index in [4.69, 9.17) is 15.0 Å². The molecule has 0 N–H and O–H groups in total. The molecule has 5 unspecified atom stereocenters. The number of aromatic nitrogens is 4. The summed E-state index contributed by atoms with van der Waals surface area (Å²) in [5.41, 5.74) is 7.03. The molecule has 2 heterocycles. The number of fused-ring (bicyclic) bond motifs is 5. The Hall–Kier alpha value is -4.31. The van der Waals surface area contributed by atoms with Gasteiger partial charge < -0.3 is 4.57 Å². The van der Waals surface area contributed by atoms with Crippen molar-refractivity contribution in [3.05, 3.63) is 109 Å². The Morgan fingerprint density at radius 2 is 1.08 bits per heavy atom. The molecule has 3 aliphatic carbocycles. The second kappa shape index (κ2) is 13.8. The van der Waals surface area contributed by atoms with Crippen LogP contribution in [0.2, 0.25) is 0 Å². The highest BCUT2D eigenvalue weighted by Crippen LogP contribution is 2.54. The molecule has 8 atom stereocenters. The van der Waals surface area contributed by atoms with Gasteiger partial charge in [0.15, 0.2) is 5.82 Å². The Labute approximate surface area is 316 Å². The van der Waals surface area contributed by atoms with Crippen molar-refractivity contribution in [2.45, 2.75) is 104 Å². The van der Waals surface area contributed by atoms with E-state index in [0.717, 1.165) is 53.4 Å². The summed E-state index contributed by atoms with van der Waals surface area (Å²) in [4.78, 5) is 17.1. The van der Waals surface area contributed by atoms with Gasteiger partial charge in [0.2, 0.25) is 0 Å². The minimum Gasteiger partial charge on any atom is -0.308 e. The molecule has 272 valence electrons. The fourth-order valence-corrected chi connectivity index (χ4v) is 11.8. The molecule has 4 heteroatoms. The lowest BCUT2D eigenvalue weighted by molar-refractivity contribution is 0.0715. The van der Waals surface area contributed by atoms with Crippen LogP contribution in [0.3, 0.4) is 0 Å². The van der Waals surface area contributed by atoms with E-state index in [9.17, 15) is 0 Å². The summed E-state index contributed by atoms with van der Waals surface area (Å²) < 4.78 is 2.49. The Morgan fingerprint density at radius 1 is 0.509 bits per heavy atom. The predicted molar refractivity (Wildman–Crippen MR) is 220 cm³/mol. The van der Waals surface area contributed by atoms with Crippen LogP contribution in [-0.2, 0) is 5.41 Å². The van der Waals surface area contributed by atoms with E-state index in [1.54, 1.807) is 0 Å². The van der Waals surface area contributed by atoms with Crippen LogP contribution < -0.4 is 0 Å². The van der Waals surface area contributed by atoms with Gasteiger partial charge in [-0.15, -0.1) is 0 Å². The SMILES string of the molecule is CC1CC(C)C[C@H](C)CC(c2nc(-c3cccc(-c4ccccc4)c3-n3c4ccccc4c4ccccc43)nc(C34CC(C[C@@H](C)C3)C[C@H](C)C4)n2)C1. The van der Waals surface area contributed by atoms with Crippen LogP contribution in [0.25, 0.3) is 50.0 Å². The predicted octanol–water partition coefficient (Wildman–Crippen LogP) is 13.0. The van der Waals surface area contributed by atoms with E-state index in [0.29, 0.717) is 29.6 Å². The fraction of sp³-hybridized carbons (Fsp3) is 0.449. The molecule has 0 saturated heterocycles. The molecular weight excluding hydrogens is 645 g/mol. The minimum atomic E-state index is 0.00382. The topological polar surface area (TPSA) is 43.6 Å². The average molecular weight is 701 g/mol. The van der Waals surface area contributed by atoms with Gasteiger partial charge in [0, 0.05) is 33.2 Å². The van der Waals surface area contributed by atoms with Crippen LogP contribution in [0.1, 0.15) is 110 Å². The molecule has 0 radical (unpaired) electrons. The minimum absolute atomic E-state index is 0.00382. The second-order valence-electron chi connectivity index (χ2n) is 18.2. The fourth-order valence-electron chi connectivity index (χ4n) is 11.8. The Morgan fingerprint density at radius 3 is 1.72 bits per heavy atom. The number of nitrogens with zero attached hydrogens (tertiary/aromatic N) is 4. The zero-order chi connectivity index (χ0) is 36.3. The van der Waals surface area contributed by atoms with Gasteiger partial charge in [-0.1, -0.05) is 113 Å². The lowest BCUT2D eigenvalue weighted by atomic mass is 9.56. The molecule has 9 rings (SSSR count). The van der Waals surface area contributed by atoms with Crippen molar-refractivity contribution in [3.8, 4) is 28.2 Å². The summed E-state index contributed by atoms with van der Waals surface area (Å²) in [6.07, 6.45) is 11.1. The van der Waals surface area contributed by atoms with Crippen molar-refractivity contribution in [1.82, 2.24) is 19.5 Å². The molecule has 2 aromatic heterocycles. The monoisotopic (exact) mass is 700 g/mol. The van der Waals surface area contributed by atoms with E-state index < -0.39 is 0 Å². The lowest BCUT2D eigenvalue weighted by Gasteiger charge is -2.49. The Bertz CT molecular complexity index is 2160. The molecule has 0 amide bonds. The first-order valence-electron chi connectivity index (χ1n) is 20.7. The summed E-state index contributed by atoms with van der Waals surface area (Å²) in [7, 11) is 0. The summed E-state index contributed by atoms with van der Waals surface area (Å²) >= 11 is 0. The third-order valence-electron chi connectivity index (χ3n) is 13.3. The van der Waals surface area contributed by atoms with Crippen molar-refractivity contribution < 1.29 is 0 Å². The first-order valence-corrected chi connectivity index (χ1v) is 20.7. The van der Waals surface area contributed by atoms with Gasteiger partial charge in [-0.2, -0.15) is 0 Å². The van der Waals surface area contributed by atoms with Crippen molar-refractivity contribution in [1.29, 1.82) is 0 Å². The Kier molecular flexibility index (Phi) is 8.99. The molecule has 4 nitrogen and oxygen atoms in total. The molecule has 4 aromatic carbocycles. The maximum absolute atomic E-state index is 5.72. The maximum Gasteiger partial charge on any atom is 0.165 e. The summed E-state index contributed by atoms with van der Waals surface area (Å²) in [6, 6.07) is 35.4. The quantitative estimate of drug-likeness (QED) is 0.180. The molecule has 6 aromatic rings. The number of hydrogen-bond acceptors (Lipinski definition) is 3. The summed E-state index contributed by atoms with van der Waals surface area (Å²) in [5, 5.41) is 2.52. The highest BCUT2D eigenvalue weighted by molar-refractivity contribution is 6.10. The molecule has 3 fully saturated rings. The second-order valence-corrected chi connectivity index (χ2v) is 18.2. The highest BCUT2D eigenvalue weighted by Gasteiger charge is 2.48. The van der Waals surface area contributed by atoms with Gasteiger partial charge in [-0.25, -0.2) is 15.0 Å². The third-order valence-corrected chi connectivity index (χ3v) is 13.3. The standard InChI is InChI=1S/C49H56N4/c1-31-22-32(2)26-38(27-33(3)23-31)46-50-47(52-48(51-46)49-28-34(4)24-36(30-49)25-35(5)29-49)42-19-13-18-39(37-14-7-6-8-15-37)45(42)53-43-20-11-9-16-40(43)41-17-10-12-21-44(41)53/h6-21,31-36,38H,22-30H2,1-5H3/t31?,32-,33?,34-,35+,36?,38?,49?/m0/s1. The first-order chi connectivity index (χ1) is 25.7. The number of hydrogen-bond donors (Lipinski definition) is 0. The summed E-state index contributed by atoms with van der Waals surface area (Å²) in [5.74, 6) is 7.47.